The van der Waals surface area contributed by atoms with Crippen LogP contribution in [0.5, 0.6) is 5.75 Å². The number of fused-ring (bicyclic) bond motifs is 1. The first-order valence-electron chi connectivity index (χ1n) is 7.80. The molecule has 1 aromatic carbocycles. The maximum absolute atomic E-state index is 11.7. The molecule has 1 unspecified atom stereocenters. The van der Waals surface area contributed by atoms with E-state index in [0.29, 0.717) is 6.54 Å². The lowest BCUT2D eigenvalue weighted by molar-refractivity contribution is 0.0650. The van der Waals surface area contributed by atoms with Crippen molar-refractivity contribution < 1.29 is 14.6 Å². The monoisotopic (exact) mass is 306 g/mol. The molecule has 2 rings (SSSR count). The summed E-state index contributed by atoms with van der Waals surface area (Å²) in [5, 5.41) is 15.4. The second-order valence-corrected chi connectivity index (χ2v) is 6.81. The molecule has 0 saturated heterocycles. The van der Waals surface area contributed by atoms with E-state index >= 15 is 0 Å². The summed E-state index contributed by atoms with van der Waals surface area (Å²) in [5.41, 5.74) is 2.20. The van der Waals surface area contributed by atoms with E-state index < -0.39 is 6.10 Å². The maximum Gasteiger partial charge on any atom is 0.314 e. The lowest BCUT2D eigenvalue weighted by Gasteiger charge is -2.25. The lowest BCUT2D eigenvalue weighted by atomic mass is 9.89. The van der Waals surface area contributed by atoms with Crippen molar-refractivity contribution in [3.05, 3.63) is 29.3 Å². The summed E-state index contributed by atoms with van der Waals surface area (Å²) >= 11 is 0. The minimum atomic E-state index is -0.560. The van der Waals surface area contributed by atoms with Gasteiger partial charge in [0, 0.05) is 19.5 Å². The van der Waals surface area contributed by atoms with E-state index in [0.717, 1.165) is 25.2 Å². The number of carbonyl (C=O) groups excluding carboxylic acids is 1. The van der Waals surface area contributed by atoms with Crippen LogP contribution in [0, 0.1) is 5.41 Å². The Balaban J connectivity index is 1.69. The molecule has 2 amide bonds. The molecule has 5 heteroatoms. The number of aliphatic hydroxyl groups excluding tert-OH is 1. The van der Waals surface area contributed by atoms with E-state index in [2.05, 4.69) is 16.7 Å². The summed E-state index contributed by atoms with van der Waals surface area (Å²) in [6, 6.07) is 5.93. The Morgan fingerprint density at radius 2 is 2.14 bits per heavy atom. The van der Waals surface area contributed by atoms with Crippen molar-refractivity contribution in [2.24, 2.45) is 5.41 Å². The van der Waals surface area contributed by atoms with Crippen molar-refractivity contribution in [3.63, 3.8) is 0 Å². The van der Waals surface area contributed by atoms with E-state index in [1.165, 1.54) is 11.1 Å². The zero-order valence-electron chi connectivity index (χ0n) is 13.6. The highest BCUT2D eigenvalue weighted by Gasteiger charge is 2.22. The average Bonchev–Trinajstić information content (AvgIpc) is 2.91. The van der Waals surface area contributed by atoms with Crippen molar-refractivity contribution in [1.29, 1.82) is 0 Å². The van der Waals surface area contributed by atoms with Gasteiger partial charge in [-0.05, 0) is 29.0 Å². The molecule has 0 spiro atoms. The van der Waals surface area contributed by atoms with Gasteiger partial charge in [-0.15, -0.1) is 0 Å². The van der Waals surface area contributed by atoms with Crippen LogP contribution in [-0.4, -0.2) is 36.9 Å². The van der Waals surface area contributed by atoms with Crippen molar-refractivity contribution in [2.45, 2.75) is 39.7 Å². The fourth-order valence-electron chi connectivity index (χ4n) is 2.27. The first-order valence-corrected chi connectivity index (χ1v) is 7.80. The van der Waals surface area contributed by atoms with Crippen molar-refractivity contribution in [3.8, 4) is 5.75 Å². The van der Waals surface area contributed by atoms with Crippen LogP contribution in [0.4, 0.5) is 4.79 Å². The van der Waals surface area contributed by atoms with E-state index in [9.17, 15) is 9.90 Å². The third kappa shape index (κ3) is 4.63. The number of benzene rings is 1. The van der Waals surface area contributed by atoms with Crippen LogP contribution in [0.1, 0.15) is 31.9 Å². The second kappa shape index (κ2) is 7.01. The summed E-state index contributed by atoms with van der Waals surface area (Å²) in [6.07, 6.45) is 1.18. The Morgan fingerprint density at radius 3 is 2.86 bits per heavy atom. The summed E-state index contributed by atoms with van der Waals surface area (Å²) in [7, 11) is 0. The van der Waals surface area contributed by atoms with Gasteiger partial charge in [-0.25, -0.2) is 4.79 Å². The SMILES string of the molecule is CC(C)(C)C(O)CNC(=O)NCCc1ccc2c(c1)CCO2. The molecule has 1 atom stereocenters. The quantitative estimate of drug-likeness (QED) is 0.778. The third-order valence-corrected chi connectivity index (χ3v) is 3.91. The molecule has 0 fully saturated rings. The number of amides is 2. The topological polar surface area (TPSA) is 70.6 Å². The molecule has 0 radical (unpaired) electrons. The summed E-state index contributed by atoms with van der Waals surface area (Å²) in [6.45, 7) is 7.40. The standard InChI is InChI=1S/C17H26N2O3/c1-17(2,3)15(20)11-19-16(21)18-8-6-12-4-5-14-13(10-12)7-9-22-14/h4-5,10,15,20H,6-9,11H2,1-3H3,(H2,18,19,21). The number of carbonyl (C=O) groups is 1. The number of ether oxygens (including phenoxy) is 1. The molecule has 22 heavy (non-hydrogen) atoms. The minimum Gasteiger partial charge on any atom is -0.493 e. The molecule has 0 saturated carbocycles. The molecule has 1 aliphatic rings. The highest BCUT2D eigenvalue weighted by Crippen LogP contribution is 2.25. The molecular weight excluding hydrogens is 280 g/mol. The van der Waals surface area contributed by atoms with E-state index in [4.69, 9.17) is 4.74 Å². The highest BCUT2D eigenvalue weighted by atomic mass is 16.5. The second-order valence-electron chi connectivity index (χ2n) is 6.81. The van der Waals surface area contributed by atoms with Gasteiger partial charge < -0.3 is 20.5 Å². The molecule has 1 aliphatic heterocycles. The number of urea groups is 1. The molecule has 1 aromatic rings. The smallest absolute Gasteiger partial charge is 0.314 e. The van der Waals surface area contributed by atoms with Crippen LogP contribution in [0.3, 0.4) is 0 Å². The van der Waals surface area contributed by atoms with E-state index in [1.807, 2.05) is 32.9 Å². The molecule has 5 nitrogen and oxygen atoms in total. The molecule has 3 N–H and O–H groups in total. The van der Waals surface area contributed by atoms with Crippen LogP contribution in [0.25, 0.3) is 0 Å². The Bertz CT molecular complexity index is 523. The molecule has 0 aromatic heterocycles. The zero-order valence-corrected chi connectivity index (χ0v) is 13.6. The summed E-state index contributed by atoms with van der Waals surface area (Å²) in [5.74, 6) is 0.977. The number of aliphatic hydroxyl groups is 1. The Morgan fingerprint density at radius 1 is 1.36 bits per heavy atom. The number of hydrogen-bond acceptors (Lipinski definition) is 3. The van der Waals surface area contributed by atoms with Crippen molar-refractivity contribution >= 4 is 6.03 Å². The Labute approximate surface area is 132 Å². The van der Waals surface area contributed by atoms with E-state index in [1.54, 1.807) is 0 Å². The normalized spacial score (nSPS) is 14.9. The Hall–Kier alpha value is -1.75. The van der Waals surface area contributed by atoms with Crippen molar-refractivity contribution in [1.82, 2.24) is 10.6 Å². The first-order chi connectivity index (χ1) is 10.4. The molecule has 0 bridgehead atoms. The van der Waals surface area contributed by atoms with Crippen LogP contribution in [-0.2, 0) is 12.8 Å². The Kier molecular flexibility index (Phi) is 5.29. The first kappa shape index (κ1) is 16.6. The molecule has 1 heterocycles. The van der Waals surface area contributed by atoms with Gasteiger partial charge in [0.2, 0.25) is 0 Å². The van der Waals surface area contributed by atoms with Crippen LogP contribution < -0.4 is 15.4 Å². The van der Waals surface area contributed by atoms with Gasteiger partial charge >= 0.3 is 6.03 Å². The maximum atomic E-state index is 11.7. The van der Waals surface area contributed by atoms with Gasteiger partial charge in [0.1, 0.15) is 5.75 Å². The minimum absolute atomic E-state index is 0.236. The molecule has 0 aliphatic carbocycles. The van der Waals surface area contributed by atoms with Gasteiger partial charge in [0.05, 0.1) is 12.7 Å². The highest BCUT2D eigenvalue weighted by molar-refractivity contribution is 5.73. The van der Waals surface area contributed by atoms with Crippen LogP contribution in [0.15, 0.2) is 18.2 Å². The van der Waals surface area contributed by atoms with Crippen LogP contribution >= 0.6 is 0 Å². The number of nitrogens with one attached hydrogen (secondary N) is 2. The van der Waals surface area contributed by atoms with Gasteiger partial charge in [-0.2, -0.15) is 0 Å². The predicted octanol–water partition coefficient (Wildman–Crippen LogP) is 1.87. The van der Waals surface area contributed by atoms with Crippen LogP contribution in [0.2, 0.25) is 0 Å². The van der Waals surface area contributed by atoms with Crippen molar-refractivity contribution in [2.75, 3.05) is 19.7 Å². The fraction of sp³-hybridized carbons (Fsp3) is 0.588. The number of hydrogen-bond donors (Lipinski definition) is 3. The average molecular weight is 306 g/mol. The summed E-state index contributed by atoms with van der Waals surface area (Å²) in [4.78, 5) is 11.7. The van der Waals surface area contributed by atoms with Gasteiger partial charge in [-0.1, -0.05) is 32.9 Å². The molecule has 122 valence electrons. The lowest BCUT2D eigenvalue weighted by Crippen LogP contribution is -2.44. The summed E-state index contributed by atoms with van der Waals surface area (Å²) < 4.78 is 5.47. The molecular formula is C17H26N2O3. The van der Waals surface area contributed by atoms with Gasteiger partial charge in [-0.3, -0.25) is 0 Å². The fourth-order valence-corrected chi connectivity index (χ4v) is 2.27. The number of rotatable bonds is 5. The van der Waals surface area contributed by atoms with E-state index in [-0.39, 0.29) is 18.0 Å². The largest absolute Gasteiger partial charge is 0.493 e. The zero-order chi connectivity index (χ0) is 16.2. The van der Waals surface area contributed by atoms with Gasteiger partial charge in [0.15, 0.2) is 0 Å². The van der Waals surface area contributed by atoms with Gasteiger partial charge in [0.25, 0.3) is 0 Å². The third-order valence-electron chi connectivity index (χ3n) is 3.91. The predicted molar refractivity (Wildman–Crippen MR) is 86.2 cm³/mol.